The normalized spacial score (nSPS) is 17.8. The summed E-state index contributed by atoms with van der Waals surface area (Å²) in [6, 6.07) is 3.76. The van der Waals surface area contributed by atoms with Crippen LogP contribution in [0.15, 0.2) is 18.3 Å². The second-order valence-corrected chi connectivity index (χ2v) is 8.55. The van der Waals surface area contributed by atoms with Gasteiger partial charge in [-0.3, -0.25) is 0 Å². The van der Waals surface area contributed by atoms with Gasteiger partial charge in [-0.15, -0.1) is 0 Å². The van der Waals surface area contributed by atoms with Crippen LogP contribution < -0.4 is 10.8 Å². The molecule has 0 bridgehead atoms. The summed E-state index contributed by atoms with van der Waals surface area (Å²) in [4.78, 5) is 15.9. The molecule has 6 nitrogen and oxygen atoms in total. The Balaban J connectivity index is 1.84. The topological polar surface area (TPSA) is 69.7 Å². The number of aromatic nitrogens is 1. The Kier molecular flexibility index (Phi) is 6.23. The molecule has 0 radical (unpaired) electrons. The molecule has 7 heteroatoms. The first-order chi connectivity index (χ1) is 12.4. The fourth-order valence-electron chi connectivity index (χ4n) is 2.29. The molecule has 1 saturated heterocycles. The van der Waals surface area contributed by atoms with Crippen LogP contribution in [0, 0.1) is 11.8 Å². The van der Waals surface area contributed by atoms with Crippen LogP contribution in [-0.4, -0.2) is 41.5 Å². The van der Waals surface area contributed by atoms with Gasteiger partial charge in [-0.2, -0.15) is 0 Å². The second kappa shape index (κ2) is 7.91. The Hall–Kier alpha value is -2.04. The van der Waals surface area contributed by atoms with Gasteiger partial charge in [0.25, 0.3) is 0 Å². The first kappa shape index (κ1) is 21.3. The van der Waals surface area contributed by atoms with Crippen molar-refractivity contribution >= 4 is 18.7 Å². The third-order valence-electron chi connectivity index (χ3n) is 4.45. The zero-order valence-electron chi connectivity index (χ0n) is 17.3. The van der Waals surface area contributed by atoms with Crippen molar-refractivity contribution in [1.29, 1.82) is 0 Å². The molecule has 1 aliphatic heterocycles. The average Bonchev–Trinajstić information content (AvgIpc) is 2.74. The number of rotatable bonds is 3. The van der Waals surface area contributed by atoms with Gasteiger partial charge in [0.15, 0.2) is 0 Å². The summed E-state index contributed by atoms with van der Waals surface area (Å²) >= 11 is 0. The summed E-state index contributed by atoms with van der Waals surface area (Å²) in [6.45, 7) is 14.0. The van der Waals surface area contributed by atoms with Crippen molar-refractivity contribution in [3.05, 3.63) is 24.0 Å². The summed E-state index contributed by atoms with van der Waals surface area (Å²) < 4.78 is 17.2. The van der Waals surface area contributed by atoms with Crippen molar-refractivity contribution < 1.29 is 18.8 Å². The molecule has 146 valence electrons. The smallest absolute Gasteiger partial charge is 0.444 e. The Morgan fingerprint density at radius 3 is 2.37 bits per heavy atom. The minimum atomic E-state index is -0.501. The van der Waals surface area contributed by atoms with Crippen molar-refractivity contribution in [2.75, 3.05) is 6.54 Å². The highest BCUT2D eigenvalue weighted by Gasteiger charge is 2.51. The van der Waals surface area contributed by atoms with Crippen LogP contribution in [0.2, 0.25) is 0 Å². The Labute approximate surface area is 162 Å². The van der Waals surface area contributed by atoms with E-state index < -0.39 is 18.8 Å². The summed E-state index contributed by atoms with van der Waals surface area (Å²) in [7, 11) is -0.428. The monoisotopic (exact) mass is 372 g/mol. The van der Waals surface area contributed by atoms with Gasteiger partial charge in [-0.1, -0.05) is 12.0 Å². The van der Waals surface area contributed by atoms with E-state index in [9.17, 15) is 4.79 Å². The van der Waals surface area contributed by atoms with E-state index in [0.717, 1.165) is 5.46 Å². The molecule has 2 heterocycles. The van der Waals surface area contributed by atoms with Gasteiger partial charge in [0.05, 0.1) is 11.2 Å². The molecule has 1 amide bonds. The largest absolute Gasteiger partial charge is 0.496 e. The van der Waals surface area contributed by atoms with Crippen LogP contribution in [0.4, 0.5) is 4.79 Å². The quantitative estimate of drug-likeness (QED) is 0.502. The summed E-state index contributed by atoms with van der Waals surface area (Å²) in [6.07, 6.45) is 1.81. The minimum absolute atomic E-state index is 0.378. The summed E-state index contributed by atoms with van der Waals surface area (Å²) in [5, 5.41) is 2.67. The van der Waals surface area contributed by atoms with Gasteiger partial charge in [0.2, 0.25) is 0 Å². The molecule has 27 heavy (non-hydrogen) atoms. The van der Waals surface area contributed by atoms with Gasteiger partial charge in [-0.25, -0.2) is 9.78 Å². The zero-order valence-corrected chi connectivity index (χ0v) is 17.3. The Morgan fingerprint density at radius 2 is 1.85 bits per heavy atom. The highest BCUT2D eigenvalue weighted by Crippen LogP contribution is 2.36. The van der Waals surface area contributed by atoms with Crippen molar-refractivity contribution in [3.63, 3.8) is 0 Å². The summed E-state index contributed by atoms with van der Waals surface area (Å²) in [5.41, 5.74) is 0.269. The molecule has 2 rings (SSSR count). The molecule has 0 aromatic carbocycles. The van der Waals surface area contributed by atoms with Gasteiger partial charge in [0.1, 0.15) is 11.3 Å². The molecule has 0 unspecified atom stereocenters. The molecule has 0 aliphatic carbocycles. The number of hydrogen-bond acceptors (Lipinski definition) is 5. The van der Waals surface area contributed by atoms with Gasteiger partial charge in [-0.05, 0) is 60.5 Å². The van der Waals surface area contributed by atoms with Crippen LogP contribution in [-0.2, 0) is 14.0 Å². The van der Waals surface area contributed by atoms with Gasteiger partial charge < -0.3 is 19.4 Å². The van der Waals surface area contributed by atoms with E-state index in [4.69, 9.17) is 14.0 Å². The van der Waals surface area contributed by atoms with E-state index in [0.29, 0.717) is 18.7 Å². The van der Waals surface area contributed by atoms with Gasteiger partial charge in [0, 0.05) is 24.6 Å². The first-order valence-corrected chi connectivity index (χ1v) is 9.17. The van der Waals surface area contributed by atoms with Crippen molar-refractivity contribution in [2.45, 2.75) is 71.7 Å². The highest BCUT2D eigenvalue weighted by molar-refractivity contribution is 6.62. The third kappa shape index (κ3) is 5.98. The number of carbonyl (C=O) groups is 1. The molecular weight excluding hydrogens is 343 g/mol. The van der Waals surface area contributed by atoms with E-state index in [1.165, 1.54) is 0 Å². The number of carbonyl (C=O) groups excluding carboxylic acids is 1. The predicted octanol–water partition coefficient (Wildman–Crippen LogP) is 2.65. The van der Waals surface area contributed by atoms with E-state index in [1.54, 1.807) is 6.20 Å². The molecule has 1 aromatic rings. The molecule has 1 N–H and O–H groups in total. The maximum Gasteiger partial charge on any atom is 0.496 e. The van der Waals surface area contributed by atoms with E-state index >= 15 is 0 Å². The molecule has 0 atom stereocenters. The molecule has 1 fully saturated rings. The van der Waals surface area contributed by atoms with Crippen molar-refractivity contribution in [2.24, 2.45) is 0 Å². The Bertz CT molecular complexity index is 711. The molecule has 0 saturated carbocycles. The fourth-order valence-corrected chi connectivity index (χ4v) is 2.29. The first-order valence-electron chi connectivity index (χ1n) is 9.17. The average molecular weight is 372 g/mol. The van der Waals surface area contributed by atoms with E-state index in [-0.39, 0.29) is 11.2 Å². The van der Waals surface area contributed by atoms with Crippen LogP contribution in [0.3, 0.4) is 0 Å². The zero-order chi connectivity index (χ0) is 20.3. The lowest BCUT2D eigenvalue weighted by atomic mass is 9.80. The molecule has 1 aliphatic rings. The van der Waals surface area contributed by atoms with Gasteiger partial charge >= 0.3 is 13.2 Å². The number of amides is 1. The lowest BCUT2D eigenvalue weighted by Crippen LogP contribution is -2.41. The number of nitrogens with one attached hydrogen (secondary N) is 1. The number of hydrogen-bond donors (Lipinski definition) is 1. The standard InChI is InChI=1S/C20H29BN2O4/c1-18(2,3)25-17(24)22-13-9-8-10-16-12-11-15(14-23-16)21-26-19(4,5)20(6,7)27-21/h11-12,14H,9,13H2,1-7H3,(H,22,24). The van der Waals surface area contributed by atoms with Crippen LogP contribution in [0.5, 0.6) is 0 Å². The molecular formula is C20H29BN2O4. The van der Waals surface area contributed by atoms with Crippen molar-refractivity contribution in [1.82, 2.24) is 10.3 Å². The predicted molar refractivity (Wildman–Crippen MR) is 106 cm³/mol. The number of nitrogens with zero attached hydrogens (tertiary/aromatic N) is 1. The van der Waals surface area contributed by atoms with E-state index in [1.807, 2.05) is 60.6 Å². The molecule has 0 spiro atoms. The molecule has 1 aromatic heterocycles. The Morgan fingerprint density at radius 1 is 1.22 bits per heavy atom. The van der Waals surface area contributed by atoms with Crippen molar-refractivity contribution in [3.8, 4) is 11.8 Å². The SMILES string of the molecule is CC(C)(C)OC(=O)NCCC#Cc1ccc(B2OC(C)(C)C(C)(C)O2)cn1. The number of alkyl carbamates (subject to hydrolysis) is 1. The van der Waals surface area contributed by atoms with Crippen LogP contribution in [0.1, 0.15) is 60.6 Å². The van der Waals surface area contributed by atoms with E-state index in [2.05, 4.69) is 22.1 Å². The third-order valence-corrected chi connectivity index (χ3v) is 4.45. The number of pyridine rings is 1. The maximum absolute atomic E-state index is 11.5. The lowest BCUT2D eigenvalue weighted by molar-refractivity contribution is 0.00578. The summed E-state index contributed by atoms with van der Waals surface area (Å²) in [5.74, 6) is 5.97. The number of ether oxygens (including phenoxy) is 1. The van der Waals surface area contributed by atoms with Crippen LogP contribution >= 0.6 is 0 Å². The fraction of sp³-hybridized carbons (Fsp3) is 0.600. The minimum Gasteiger partial charge on any atom is -0.444 e. The maximum atomic E-state index is 11.5. The lowest BCUT2D eigenvalue weighted by Gasteiger charge is -2.32. The second-order valence-electron chi connectivity index (χ2n) is 8.55. The van der Waals surface area contributed by atoms with Crippen LogP contribution in [0.25, 0.3) is 0 Å². The highest BCUT2D eigenvalue weighted by atomic mass is 16.7.